The summed E-state index contributed by atoms with van der Waals surface area (Å²) in [7, 11) is 0. The molecule has 0 amide bonds. The molecule has 5 rings (SSSR count). The summed E-state index contributed by atoms with van der Waals surface area (Å²) in [5.41, 5.74) is -1.22. The van der Waals surface area contributed by atoms with Gasteiger partial charge in [0.15, 0.2) is 28.6 Å². The van der Waals surface area contributed by atoms with Crippen LogP contribution < -0.4 is 4.74 Å². The van der Waals surface area contributed by atoms with Crippen LogP contribution in [0.3, 0.4) is 0 Å². The third kappa shape index (κ3) is 2.06. The van der Waals surface area contributed by atoms with E-state index < -0.39 is 34.6 Å². The molecule has 3 aromatic rings. The van der Waals surface area contributed by atoms with E-state index in [1.807, 2.05) is 0 Å². The molecule has 2 aliphatic heterocycles. The second-order valence-corrected chi connectivity index (χ2v) is 7.39. The fourth-order valence-corrected chi connectivity index (χ4v) is 4.37. The molecule has 0 unspecified atom stereocenters. The number of rotatable bonds is 0. The molecule has 0 bridgehead atoms. The normalized spacial score (nSPS) is 15.3. The average molecular weight is 433 g/mol. The van der Waals surface area contributed by atoms with E-state index in [4.69, 9.17) is 32.7 Å². The maximum absolute atomic E-state index is 12.8. The molecule has 3 aromatic carbocycles. The van der Waals surface area contributed by atoms with Gasteiger partial charge in [-0.3, -0.25) is 0 Å². The number of carbonyl (C=O) groups is 1. The van der Waals surface area contributed by atoms with Gasteiger partial charge < -0.3 is 29.9 Å². The quantitative estimate of drug-likeness (QED) is 0.307. The Morgan fingerprint density at radius 1 is 0.759 bits per heavy atom. The molecule has 0 atom stereocenters. The molecule has 0 aromatic heterocycles. The first kappa shape index (κ1) is 17.8. The lowest BCUT2D eigenvalue weighted by Crippen LogP contribution is -2.33. The number of aromatic hydroxyl groups is 4. The van der Waals surface area contributed by atoms with E-state index in [0.29, 0.717) is 0 Å². The summed E-state index contributed by atoms with van der Waals surface area (Å²) in [6.45, 7) is 0. The molecule has 0 aliphatic carbocycles. The number of phenolic OH excluding ortho intramolecular Hbond substituents is 4. The highest BCUT2D eigenvalue weighted by atomic mass is 35.5. The van der Waals surface area contributed by atoms with Gasteiger partial charge >= 0.3 is 5.97 Å². The van der Waals surface area contributed by atoms with Gasteiger partial charge in [0.1, 0.15) is 0 Å². The summed E-state index contributed by atoms with van der Waals surface area (Å²) >= 11 is 12.7. The highest BCUT2D eigenvalue weighted by molar-refractivity contribution is 6.37. The molecule has 0 saturated carbocycles. The Morgan fingerprint density at radius 2 is 1.28 bits per heavy atom. The van der Waals surface area contributed by atoms with Gasteiger partial charge in [0, 0.05) is 10.6 Å². The van der Waals surface area contributed by atoms with Crippen molar-refractivity contribution in [2.24, 2.45) is 0 Å². The van der Waals surface area contributed by atoms with Crippen molar-refractivity contribution in [2.45, 2.75) is 5.60 Å². The van der Waals surface area contributed by atoms with Crippen LogP contribution in [0.5, 0.6) is 34.5 Å². The Balaban J connectivity index is 2.00. The molecular formula is C20H10Cl2O7. The smallest absolute Gasteiger partial charge is 0.341 e. The van der Waals surface area contributed by atoms with E-state index in [1.54, 1.807) is 0 Å². The fourth-order valence-electron chi connectivity index (χ4n) is 3.85. The third-order valence-corrected chi connectivity index (χ3v) is 5.72. The highest BCUT2D eigenvalue weighted by Crippen LogP contribution is 2.63. The lowest BCUT2D eigenvalue weighted by atomic mass is 9.77. The summed E-state index contributed by atoms with van der Waals surface area (Å²) in [6.07, 6.45) is 0. The maximum atomic E-state index is 12.8. The Morgan fingerprint density at radius 3 is 1.83 bits per heavy atom. The zero-order valence-electron chi connectivity index (χ0n) is 14.2. The Bertz CT molecular complexity index is 1190. The summed E-state index contributed by atoms with van der Waals surface area (Å²) in [4.78, 5) is 12.8. The van der Waals surface area contributed by atoms with Crippen molar-refractivity contribution in [1.29, 1.82) is 0 Å². The number of hydrogen-bond donors (Lipinski definition) is 4. The van der Waals surface area contributed by atoms with Crippen LogP contribution >= 0.6 is 23.2 Å². The standard InChI is InChI=1S/C20H10Cl2O7/c21-9-3-4-10(22)14-13(9)19(27)29-20(14)7-1-5-11(23)15(25)17(7)28-18-8(20)2-6-12(24)16(18)26/h1-6,23-26H. The molecular weight excluding hydrogens is 423 g/mol. The van der Waals surface area contributed by atoms with Gasteiger partial charge in [0.2, 0.25) is 11.5 Å². The second-order valence-electron chi connectivity index (χ2n) is 6.57. The molecule has 0 radical (unpaired) electrons. The molecule has 29 heavy (non-hydrogen) atoms. The number of benzene rings is 3. The number of ether oxygens (including phenoxy) is 2. The monoisotopic (exact) mass is 432 g/mol. The van der Waals surface area contributed by atoms with Crippen molar-refractivity contribution in [2.75, 3.05) is 0 Å². The number of phenols is 4. The van der Waals surface area contributed by atoms with Crippen LogP contribution in [0.4, 0.5) is 0 Å². The summed E-state index contributed by atoms with van der Waals surface area (Å²) in [5, 5.41) is 40.9. The molecule has 1 spiro atoms. The van der Waals surface area contributed by atoms with Gasteiger partial charge in [0.25, 0.3) is 0 Å². The first-order valence-electron chi connectivity index (χ1n) is 8.28. The largest absolute Gasteiger partial charge is 0.504 e. The van der Waals surface area contributed by atoms with Crippen LogP contribution in [0, 0.1) is 0 Å². The number of hydrogen-bond acceptors (Lipinski definition) is 7. The minimum Gasteiger partial charge on any atom is -0.504 e. The van der Waals surface area contributed by atoms with Gasteiger partial charge in [-0.1, -0.05) is 23.2 Å². The molecule has 0 fully saturated rings. The van der Waals surface area contributed by atoms with E-state index in [-0.39, 0.29) is 43.8 Å². The second kappa shape index (κ2) is 5.62. The van der Waals surface area contributed by atoms with Crippen molar-refractivity contribution < 1.29 is 34.7 Å². The van der Waals surface area contributed by atoms with E-state index in [2.05, 4.69) is 0 Å². The van der Waals surface area contributed by atoms with Gasteiger partial charge in [-0.05, 0) is 36.4 Å². The van der Waals surface area contributed by atoms with Gasteiger partial charge in [0.05, 0.1) is 21.7 Å². The first-order chi connectivity index (χ1) is 13.8. The average Bonchev–Trinajstić information content (AvgIpc) is 3.00. The van der Waals surface area contributed by atoms with E-state index in [9.17, 15) is 25.2 Å². The summed E-state index contributed by atoms with van der Waals surface area (Å²) in [6, 6.07) is 8.14. The molecule has 2 aliphatic rings. The van der Waals surface area contributed by atoms with Gasteiger partial charge in [-0.2, -0.15) is 0 Å². The molecule has 0 saturated heterocycles. The van der Waals surface area contributed by atoms with Crippen LogP contribution in [-0.2, 0) is 10.3 Å². The molecule has 146 valence electrons. The number of carbonyl (C=O) groups excluding carboxylic acids is 1. The molecule has 4 N–H and O–H groups in total. The number of fused-ring (bicyclic) bond motifs is 6. The van der Waals surface area contributed by atoms with Crippen LogP contribution in [-0.4, -0.2) is 26.4 Å². The molecule has 7 nitrogen and oxygen atoms in total. The van der Waals surface area contributed by atoms with Crippen molar-refractivity contribution in [3.05, 3.63) is 68.7 Å². The minimum atomic E-state index is -1.74. The zero-order valence-corrected chi connectivity index (χ0v) is 15.7. The Hall–Kier alpha value is -3.29. The first-order valence-corrected chi connectivity index (χ1v) is 9.03. The third-order valence-electron chi connectivity index (χ3n) is 5.09. The lowest BCUT2D eigenvalue weighted by molar-refractivity contribution is 0.0220. The Kier molecular flexibility index (Phi) is 3.45. The number of esters is 1. The van der Waals surface area contributed by atoms with Crippen molar-refractivity contribution >= 4 is 29.2 Å². The molecule has 9 heteroatoms. The zero-order chi connectivity index (χ0) is 20.7. The molecule has 2 heterocycles. The maximum Gasteiger partial charge on any atom is 0.341 e. The van der Waals surface area contributed by atoms with Crippen LogP contribution in [0.2, 0.25) is 10.0 Å². The minimum absolute atomic E-state index is 0.0260. The lowest BCUT2D eigenvalue weighted by Gasteiger charge is -2.37. The SMILES string of the molecule is O=C1OC2(c3ccc(O)c(O)c3Oc3c2ccc(O)c3O)c2c(Cl)ccc(Cl)c21. The topological polar surface area (TPSA) is 116 Å². The van der Waals surface area contributed by atoms with Gasteiger partial charge in [-0.15, -0.1) is 0 Å². The summed E-state index contributed by atoms with van der Waals surface area (Å²) in [5.74, 6) is -3.58. The predicted molar refractivity (Wildman–Crippen MR) is 101 cm³/mol. The van der Waals surface area contributed by atoms with Crippen molar-refractivity contribution in [3.8, 4) is 34.5 Å². The van der Waals surface area contributed by atoms with E-state index >= 15 is 0 Å². The number of halogens is 2. The van der Waals surface area contributed by atoms with Crippen molar-refractivity contribution in [3.63, 3.8) is 0 Å². The highest BCUT2D eigenvalue weighted by Gasteiger charge is 2.57. The fraction of sp³-hybridized carbons (Fsp3) is 0.0500. The van der Waals surface area contributed by atoms with Crippen LogP contribution in [0.1, 0.15) is 27.0 Å². The van der Waals surface area contributed by atoms with Crippen LogP contribution in [0.15, 0.2) is 36.4 Å². The predicted octanol–water partition coefficient (Wildman–Crippen LogP) is 4.38. The Labute approximate surface area is 172 Å². The van der Waals surface area contributed by atoms with Crippen LogP contribution in [0.25, 0.3) is 0 Å². The van der Waals surface area contributed by atoms with E-state index in [0.717, 1.165) is 0 Å². The van der Waals surface area contributed by atoms with Gasteiger partial charge in [-0.25, -0.2) is 4.79 Å². The summed E-state index contributed by atoms with van der Waals surface area (Å²) < 4.78 is 11.4. The van der Waals surface area contributed by atoms with Crippen molar-refractivity contribution in [1.82, 2.24) is 0 Å². The van der Waals surface area contributed by atoms with E-state index in [1.165, 1.54) is 36.4 Å².